The molecule has 0 radical (unpaired) electrons. The van der Waals surface area contributed by atoms with Crippen molar-refractivity contribution in [2.24, 2.45) is 5.73 Å². The smallest absolute Gasteiger partial charge is 0.336 e. The molecule has 2 aromatic rings. The second-order valence-electron chi connectivity index (χ2n) is 3.53. The summed E-state index contributed by atoms with van der Waals surface area (Å²) in [6.45, 7) is 0.351. The molecule has 0 saturated carbocycles. The predicted octanol–water partition coefficient (Wildman–Crippen LogP) is 2.62. The lowest BCUT2D eigenvalue weighted by molar-refractivity contribution is -0.143. The Morgan fingerprint density at radius 3 is 2.50 bits per heavy atom. The maximum absolute atomic E-state index is 12.7. The van der Waals surface area contributed by atoms with E-state index < -0.39 is 11.9 Å². The summed E-state index contributed by atoms with van der Waals surface area (Å²) in [6.07, 6.45) is -4.34. The molecule has 16 heavy (non-hydrogen) atoms. The third kappa shape index (κ3) is 1.78. The molecule has 86 valence electrons. The summed E-state index contributed by atoms with van der Waals surface area (Å²) >= 11 is 0. The predicted molar refractivity (Wildman–Crippen MR) is 56.0 cm³/mol. The third-order valence-electron chi connectivity index (χ3n) is 2.45. The van der Waals surface area contributed by atoms with E-state index in [1.807, 2.05) is 0 Å². The maximum atomic E-state index is 12.7. The first kappa shape index (κ1) is 11.0. The molecule has 1 aromatic carbocycles. The first-order valence-corrected chi connectivity index (χ1v) is 4.89. The molecular weight excluding hydrogens is 217 g/mol. The van der Waals surface area contributed by atoms with Gasteiger partial charge < -0.3 is 10.3 Å². The van der Waals surface area contributed by atoms with Crippen LogP contribution in [-0.2, 0) is 12.7 Å². The van der Waals surface area contributed by atoms with Crippen molar-refractivity contribution in [1.29, 1.82) is 0 Å². The topological polar surface area (TPSA) is 30.9 Å². The average Bonchev–Trinajstić information content (AvgIpc) is 2.58. The number of hydrogen-bond donors (Lipinski definition) is 1. The van der Waals surface area contributed by atoms with Crippen LogP contribution in [-0.4, -0.2) is 11.1 Å². The molecule has 0 spiro atoms. The van der Waals surface area contributed by atoms with Gasteiger partial charge in [-0.1, -0.05) is 18.2 Å². The summed E-state index contributed by atoms with van der Waals surface area (Å²) in [5, 5.41) is 0.586. The molecule has 0 amide bonds. The number of halogens is 3. The molecule has 1 heterocycles. The molecule has 0 aliphatic carbocycles. The molecule has 1 aromatic heterocycles. The Bertz CT molecular complexity index is 499. The van der Waals surface area contributed by atoms with Crippen LogP contribution in [0.2, 0.25) is 0 Å². The fourth-order valence-corrected chi connectivity index (χ4v) is 1.82. The zero-order valence-electron chi connectivity index (χ0n) is 8.46. The van der Waals surface area contributed by atoms with Crippen LogP contribution in [0.5, 0.6) is 0 Å². The lowest BCUT2D eigenvalue weighted by Gasteiger charge is -2.11. The van der Waals surface area contributed by atoms with Crippen LogP contribution in [0.1, 0.15) is 5.69 Å². The van der Waals surface area contributed by atoms with E-state index in [9.17, 15) is 13.2 Å². The van der Waals surface area contributed by atoms with Crippen LogP contribution in [0.15, 0.2) is 30.3 Å². The van der Waals surface area contributed by atoms with Gasteiger partial charge in [-0.3, -0.25) is 0 Å². The SMILES string of the molecule is NCCn1c(C(F)(F)F)cc2ccccc21. The van der Waals surface area contributed by atoms with Gasteiger partial charge in [0.1, 0.15) is 5.69 Å². The van der Waals surface area contributed by atoms with E-state index in [1.54, 1.807) is 24.3 Å². The number of benzene rings is 1. The van der Waals surface area contributed by atoms with Gasteiger partial charge in [-0.05, 0) is 12.1 Å². The van der Waals surface area contributed by atoms with Gasteiger partial charge in [0.15, 0.2) is 0 Å². The zero-order chi connectivity index (χ0) is 11.8. The number of nitrogens with two attached hydrogens (primary N) is 1. The molecule has 0 saturated heterocycles. The lowest BCUT2D eigenvalue weighted by Crippen LogP contribution is -2.17. The van der Waals surface area contributed by atoms with Gasteiger partial charge >= 0.3 is 6.18 Å². The van der Waals surface area contributed by atoms with Crippen LogP contribution < -0.4 is 5.73 Å². The van der Waals surface area contributed by atoms with Crippen molar-refractivity contribution in [1.82, 2.24) is 4.57 Å². The van der Waals surface area contributed by atoms with Gasteiger partial charge in [-0.2, -0.15) is 13.2 Å². The van der Waals surface area contributed by atoms with Gasteiger partial charge in [0.05, 0.1) is 0 Å². The van der Waals surface area contributed by atoms with Crippen molar-refractivity contribution in [2.75, 3.05) is 6.54 Å². The summed E-state index contributed by atoms with van der Waals surface area (Å²) in [7, 11) is 0. The number of hydrogen-bond acceptors (Lipinski definition) is 1. The number of para-hydroxylation sites is 1. The number of rotatable bonds is 2. The number of aromatic nitrogens is 1. The van der Waals surface area contributed by atoms with Crippen LogP contribution in [0.25, 0.3) is 10.9 Å². The highest BCUT2D eigenvalue weighted by atomic mass is 19.4. The summed E-state index contributed by atoms with van der Waals surface area (Å²) in [5.41, 5.74) is 5.26. The molecule has 0 unspecified atom stereocenters. The van der Waals surface area contributed by atoms with E-state index in [-0.39, 0.29) is 13.1 Å². The van der Waals surface area contributed by atoms with Crippen LogP contribution in [0.4, 0.5) is 13.2 Å². The highest BCUT2D eigenvalue weighted by Crippen LogP contribution is 2.33. The van der Waals surface area contributed by atoms with Crippen LogP contribution in [0.3, 0.4) is 0 Å². The van der Waals surface area contributed by atoms with Crippen LogP contribution in [0, 0.1) is 0 Å². The molecule has 0 aliphatic heterocycles. The summed E-state index contributed by atoms with van der Waals surface area (Å²) < 4.78 is 39.5. The van der Waals surface area contributed by atoms with Gasteiger partial charge in [0.25, 0.3) is 0 Å². The first-order valence-electron chi connectivity index (χ1n) is 4.89. The van der Waals surface area contributed by atoms with E-state index in [2.05, 4.69) is 0 Å². The van der Waals surface area contributed by atoms with Crippen molar-refractivity contribution < 1.29 is 13.2 Å². The molecule has 2 N–H and O–H groups in total. The Labute approximate surface area is 90.5 Å². The molecule has 5 heteroatoms. The van der Waals surface area contributed by atoms with E-state index >= 15 is 0 Å². The summed E-state index contributed by atoms with van der Waals surface area (Å²) in [4.78, 5) is 0. The van der Waals surface area contributed by atoms with E-state index in [4.69, 9.17) is 5.73 Å². The Balaban J connectivity index is 2.68. The minimum absolute atomic E-state index is 0.169. The van der Waals surface area contributed by atoms with Crippen molar-refractivity contribution in [3.05, 3.63) is 36.0 Å². The summed E-state index contributed by atoms with van der Waals surface area (Å²) in [6, 6.07) is 7.92. The molecule has 0 bridgehead atoms. The third-order valence-corrected chi connectivity index (χ3v) is 2.45. The normalized spacial score (nSPS) is 12.2. The van der Waals surface area contributed by atoms with Gasteiger partial charge in [-0.15, -0.1) is 0 Å². The van der Waals surface area contributed by atoms with Crippen molar-refractivity contribution >= 4 is 10.9 Å². The molecule has 0 aliphatic rings. The Hall–Kier alpha value is -1.49. The second-order valence-corrected chi connectivity index (χ2v) is 3.53. The minimum Gasteiger partial charge on any atom is -0.336 e. The molecule has 0 atom stereocenters. The highest BCUT2D eigenvalue weighted by Gasteiger charge is 2.34. The first-order chi connectivity index (χ1) is 7.54. The van der Waals surface area contributed by atoms with Gasteiger partial charge in [0.2, 0.25) is 0 Å². The average molecular weight is 228 g/mol. The fraction of sp³-hybridized carbons (Fsp3) is 0.273. The lowest BCUT2D eigenvalue weighted by atomic mass is 10.2. The number of fused-ring (bicyclic) bond motifs is 1. The van der Waals surface area contributed by atoms with E-state index in [1.165, 1.54) is 4.57 Å². The monoisotopic (exact) mass is 228 g/mol. The molecule has 2 rings (SSSR count). The largest absolute Gasteiger partial charge is 0.431 e. The quantitative estimate of drug-likeness (QED) is 0.841. The number of nitrogens with zero attached hydrogens (tertiary/aromatic N) is 1. The van der Waals surface area contributed by atoms with Crippen molar-refractivity contribution in [2.45, 2.75) is 12.7 Å². The second kappa shape index (κ2) is 3.83. The minimum atomic E-state index is -4.34. The molecular formula is C11H11F3N2. The fourth-order valence-electron chi connectivity index (χ4n) is 1.82. The van der Waals surface area contributed by atoms with Crippen molar-refractivity contribution in [3.63, 3.8) is 0 Å². The molecule has 0 fully saturated rings. The summed E-state index contributed by atoms with van der Waals surface area (Å²) in [5.74, 6) is 0. The molecule has 2 nitrogen and oxygen atoms in total. The van der Waals surface area contributed by atoms with E-state index in [0.29, 0.717) is 10.9 Å². The van der Waals surface area contributed by atoms with Gasteiger partial charge in [-0.25, -0.2) is 0 Å². The Kier molecular flexibility index (Phi) is 2.63. The highest BCUT2D eigenvalue weighted by molar-refractivity contribution is 5.81. The van der Waals surface area contributed by atoms with Gasteiger partial charge in [0, 0.05) is 24.0 Å². The van der Waals surface area contributed by atoms with Crippen LogP contribution >= 0.6 is 0 Å². The number of alkyl halides is 3. The standard InChI is InChI=1S/C11H11F3N2/c12-11(13,14)10-7-8-3-1-2-4-9(8)16(10)6-5-15/h1-4,7H,5-6,15H2. The zero-order valence-corrected chi connectivity index (χ0v) is 8.46. The van der Waals surface area contributed by atoms with Crippen molar-refractivity contribution in [3.8, 4) is 0 Å². The van der Waals surface area contributed by atoms with E-state index in [0.717, 1.165) is 6.07 Å². The maximum Gasteiger partial charge on any atom is 0.431 e. The Morgan fingerprint density at radius 2 is 1.88 bits per heavy atom. The Morgan fingerprint density at radius 1 is 1.19 bits per heavy atom.